The lowest BCUT2D eigenvalue weighted by atomic mass is 10.2. The highest BCUT2D eigenvalue weighted by molar-refractivity contribution is 5.65. The van der Waals surface area contributed by atoms with Crippen molar-refractivity contribution in [1.29, 1.82) is 5.26 Å². The molecule has 1 aromatic carbocycles. The minimum absolute atomic E-state index is 0.584. The predicted octanol–water partition coefficient (Wildman–Crippen LogP) is 2.37. The highest BCUT2D eigenvalue weighted by atomic mass is 15.1. The molecular weight excluding hydrogens is 276 g/mol. The van der Waals surface area contributed by atoms with E-state index in [1.165, 1.54) is 0 Å². The molecule has 1 aromatic heterocycles. The number of likely N-dealkylation sites (N-methyl/N-ethyl adjacent to an activating group) is 1. The van der Waals surface area contributed by atoms with Gasteiger partial charge < -0.3 is 15.5 Å². The summed E-state index contributed by atoms with van der Waals surface area (Å²) in [6, 6.07) is 11.4. The molecular formula is C16H20N6. The Morgan fingerprint density at radius 2 is 1.91 bits per heavy atom. The monoisotopic (exact) mass is 296 g/mol. The highest BCUT2D eigenvalue weighted by Crippen LogP contribution is 2.20. The number of rotatable bonds is 6. The third kappa shape index (κ3) is 4.43. The van der Waals surface area contributed by atoms with Crippen LogP contribution in [-0.4, -0.2) is 42.1 Å². The van der Waals surface area contributed by atoms with Gasteiger partial charge in [0.2, 0.25) is 0 Å². The average Bonchev–Trinajstić information content (AvgIpc) is 2.47. The lowest BCUT2D eigenvalue weighted by Gasteiger charge is -2.13. The molecule has 22 heavy (non-hydrogen) atoms. The van der Waals surface area contributed by atoms with Gasteiger partial charge in [0.05, 0.1) is 11.3 Å². The van der Waals surface area contributed by atoms with Crippen molar-refractivity contribution in [3.05, 3.63) is 41.7 Å². The van der Waals surface area contributed by atoms with E-state index in [1.807, 2.05) is 45.3 Å². The Morgan fingerprint density at radius 3 is 2.64 bits per heavy atom. The van der Waals surface area contributed by atoms with Crippen LogP contribution in [0.25, 0.3) is 0 Å². The van der Waals surface area contributed by atoms with Crippen LogP contribution in [0.4, 0.5) is 17.3 Å². The van der Waals surface area contributed by atoms with Crippen LogP contribution < -0.4 is 10.6 Å². The minimum Gasteiger partial charge on any atom is -0.369 e. The van der Waals surface area contributed by atoms with E-state index < -0.39 is 0 Å². The first-order valence-corrected chi connectivity index (χ1v) is 7.09. The SMILES string of the molecule is Cc1nc(NCCN(C)C)cc(Nc2ccccc2C#N)n1. The number of para-hydroxylation sites is 1. The largest absolute Gasteiger partial charge is 0.369 e. The molecule has 0 bridgehead atoms. The van der Waals surface area contributed by atoms with Crippen molar-refractivity contribution in [3.63, 3.8) is 0 Å². The molecule has 1 heterocycles. The summed E-state index contributed by atoms with van der Waals surface area (Å²) in [5, 5.41) is 15.6. The molecule has 0 unspecified atom stereocenters. The lowest BCUT2D eigenvalue weighted by Crippen LogP contribution is -2.21. The van der Waals surface area contributed by atoms with Crippen molar-refractivity contribution in [2.75, 3.05) is 37.8 Å². The fourth-order valence-corrected chi connectivity index (χ4v) is 1.96. The first-order valence-electron chi connectivity index (χ1n) is 7.09. The highest BCUT2D eigenvalue weighted by Gasteiger charge is 2.05. The Bertz CT molecular complexity index is 675. The molecule has 0 aliphatic carbocycles. The van der Waals surface area contributed by atoms with Gasteiger partial charge in [-0.1, -0.05) is 12.1 Å². The predicted molar refractivity (Wildman–Crippen MR) is 88.3 cm³/mol. The van der Waals surface area contributed by atoms with Crippen molar-refractivity contribution in [2.24, 2.45) is 0 Å². The molecule has 2 rings (SSSR count). The molecule has 6 heteroatoms. The van der Waals surface area contributed by atoms with E-state index in [4.69, 9.17) is 5.26 Å². The van der Waals surface area contributed by atoms with Crippen LogP contribution in [-0.2, 0) is 0 Å². The second kappa shape index (κ2) is 7.38. The van der Waals surface area contributed by atoms with Crippen LogP contribution in [0.1, 0.15) is 11.4 Å². The number of hydrogen-bond acceptors (Lipinski definition) is 6. The second-order valence-corrected chi connectivity index (χ2v) is 5.20. The van der Waals surface area contributed by atoms with Crippen LogP contribution in [0.5, 0.6) is 0 Å². The maximum absolute atomic E-state index is 9.13. The molecule has 6 nitrogen and oxygen atoms in total. The Labute approximate surface area is 130 Å². The third-order valence-electron chi connectivity index (χ3n) is 3.01. The molecule has 0 aliphatic heterocycles. The van der Waals surface area contributed by atoms with E-state index in [0.717, 1.165) is 24.6 Å². The zero-order chi connectivity index (χ0) is 15.9. The van der Waals surface area contributed by atoms with Crippen molar-refractivity contribution in [3.8, 4) is 6.07 Å². The molecule has 0 aliphatic rings. The fraction of sp³-hybridized carbons (Fsp3) is 0.312. The minimum atomic E-state index is 0.584. The van der Waals surface area contributed by atoms with Crippen LogP contribution >= 0.6 is 0 Å². The molecule has 2 N–H and O–H groups in total. The van der Waals surface area contributed by atoms with E-state index in [9.17, 15) is 0 Å². The fourth-order valence-electron chi connectivity index (χ4n) is 1.96. The van der Waals surface area contributed by atoms with Gasteiger partial charge in [0.25, 0.3) is 0 Å². The molecule has 0 atom stereocenters. The first kappa shape index (κ1) is 15.7. The number of hydrogen-bond donors (Lipinski definition) is 2. The van der Waals surface area contributed by atoms with Crippen LogP contribution in [0.3, 0.4) is 0 Å². The van der Waals surface area contributed by atoms with Crippen molar-refractivity contribution in [2.45, 2.75) is 6.92 Å². The number of benzene rings is 1. The summed E-state index contributed by atoms with van der Waals surface area (Å²) in [4.78, 5) is 10.8. The van der Waals surface area contributed by atoms with Crippen molar-refractivity contribution >= 4 is 17.3 Å². The standard InChI is InChI=1S/C16H20N6/c1-12-19-15(18-8-9-22(2)3)10-16(20-12)21-14-7-5-4-6-13(14)11-17/h4-7,10H,8-9H2,1-3H3,(H2,18,19,20,21). The van der Waals surface area contributed by atoms with Crippen molar-refractivity contribution < 1.29 is 0 Å². The molecule has 0 fully saturated rings. The van der Waals surface area contributed by atoms with Gasteiger partial charge in [0.1, 0.15) is 23.5 Å². The van der Waals surface area contributed by atoms with Crippen LogP contribution in [0, 0.1) is 18.3 Å². The van der Waals surface area contributed by atoms with Gasteiger partial charge in [0, 0.05) is 19.2 Å². The maximum Gasteiger partial charge on any atom is 0.136 e. The van der Waals surface area contributed by atoms with E-state index in [-0.39, 0.29) is 0 Å². The zero-order valence-corrected chi connectivity index (χ0v) is 13.1. The number of nitrogens with zero attached hydrogens (tertiary/aromatic N) is 4. The molecule has 0 saturated carbocycles. The van der Waals surface area contributed by atoms with E-state index in [0.29, 0.717) is 17.2 Å². The summed E-state index contributed by atoms with van der Waals surface area (Å²) in [5.74, 6) is 2.11. The van der Waals surface area contributed by atoms with Gasteiger partial charge in [0.15, 0.2) is 0 Å². The number of aryl methyl sites for hydroxylation is 1. The topological polar surface area (TPSA) is 76.9 Å². The van der Waals surface area contributed by atoms with Gasteiger partial charge in [-0.15, -0.1) is 0 Å². The molecule has 0 radical (unpaired) electrons. The second-order valence-electron chi connectivity index (χ2n) is 5.20. The quantitative estimate of drug-likeness (QED) is 0.852. The van der Waals surface area contributed by atoms with Crippen molar-refractivity contribution in [1.82, 2.24) is 14.9 Å². The third-order valence-corrected chi connectivity index (χ3v) is 3.01. The summed E-state index contributed by atoms with van der Waals surface area (Å²) in [7, 11) is 4.05. The van der Waals surface area contributed by atoms with E-state index in [1.54, 1.807) is 6.07 Å². The number of anilines is 3. The van der Waals surface area contributed by atoms with Gasteiger partial charge in [-0.25, -0.2) is 9.97 Å². The number of nitrogens with one attached hydrogen (secondary N) is 2. The van der Waals surface area contributed by atoms with Gasteiger partial charge in [-0.2, -0.15) is 5.26 Å². The number of aromatic nitrogens is 2. The summed E-state index contributed by atoms with van der Waals surface area (Å²) >= 11 is 0. The average molecular weight is 296 g/mol. The summed E-state index contributed by atoms with van der Waals surface area (Å²) < 4.78 is 0. The summed E-state index contributed by atoms with van der Waals surface area (Å²) in [6.07, 6.45) is 0. The van der Waals surface area contributed by atoms with E-state index in [2.05, 4.69) is 31.6 Å². The number of nitriles is 1. The molecule has 114 valence electrons. The Balaban J connectivity index is 2.14. The molecule has 0 spiro atoms. The van der Waals surface area contributed by atoms with Crippen LogP contribution in [0.2, 0.25) is 0 Å². The summed E-state index contributed by atoms with van der Waals surface area (Å²) in [6.45, 7) is 3.57. The first-order chi connectivity index (χ1) is 10.6. The van der Waals surface area contributed by atoms with Gasteiger partial charge in [-0.3, -0.25) is 0 Å². The van der Waals surface area contributed by atoms with E-state index >= 15 is 0 Å². The smallest absolute Gasteiger partial charge is 0.136 e. The molecule has 2 aromatic rings. The Hall–Kier alpha value is -2.65. The Morgan fingerprint density at radius 1 is 1.18 bits per heavy atom. The Kier molecular flexibility index (Phi) is 5.28. The van der Waals surface area contributed by atoms with Crippen LogP contribution in [0.15, 0.2) is 30.3 Å². The zero-order valence-electron chi connectivity index (χ0n) is 13.1. The maximum atomic E-state index is 9.13. The molecule has 0 saturated heterocycles. The van der Waals surface area contributed by atoms with Gasteiger partial charge >= 0.3 is 0 Å². The lowest BCUT2D eigenvalue weighted by molar-refractivity contribution is 0.425. The summed E-state index contributed by atoms with van der Waals surface area (Å²) in [5.41, 5.74) is 1.32. The van der Waals surface area contributed by atoms with Gasteiger partial charge in [-0.05, 0) is 33.2 Å². The molecule has 0 amide bonds. The normalized spacial score (nSPS) is 10.3.